The summed E-state index contributed by atoms with van der Waals surface area (Å²) in [4.78, 5) is 29.6. The molecule has 0 unspecified atom stereocenters. The fourth-order valence-electron chi connectivity index (χ4n) is 2.26. The van der Waals surface area contributed by atoms with Crippen LogP contribution in [0.3, 0.4) is 0 Å². The van der Waals surface area contributed by atoms with Crippen LogP contribution in [0.5, 0.6) is 0 Å². The summed E-state index contributed by atoms with van der Waals surface area (Å²) in [7, 11) is 0. The molecule has 0 spiro atoms. The minimum atomic E-state index is -0.814. The number of rotatable bonds is 9. The van der Waals surface area contributed by atoms with E-state index in [1.165, 1.54) is 0 Å². The van der Waals surface area contributed by atoms with Gasteiger partial charge in [-0.2, -0.15) is 0 Å². The second-order valence-corrected chi connectivity index (χ2v) is 5.25. The monoisotopic (exact) mass is 303 g/mol. The summed E-state index contributed by atoms with van der Waals surface area (Å²) < 4.78 is 0. The Morgan fingerprint density at radius 1 is 1.14 bits per heavy atom. The number of H-pyrrole nitrogens is 1. The van der Waals surface area contributed by atoms with E-state index >= 15 is 0 Å². The van der Waals surface area contributed by atoms with Crippen LogP contribution in [-0.2, 0) is 16.0 Å². The van der Waals surface area contributed by atoms with Crippen molar-refractivity contribution in [1.82, 2.24) is 15.3 Å². The maximum atomic E-state index is 11.6. The first-order chi connectivity index (χ1) is 10.6. The molecule has 3 N–H and O–H groups in total. The smallest absolute Gasteiger partial charge is 0.303 e. The van der Waals surface area contributed by atoms with Gasteiger partial charge < -0.3 is 15.4 Å². The zero-order valence-electron chi connectivity index (χ0n) is 12.5. The number of nitrogens with one attached hydrogen (secondary N) is 2. The Hall–Kier alpha value is -2.37. The minimum Gasteiger partial charge on any atom is -0.481 e. The first kappa shape index (κ1) is 16.0. The Balaban J connectivity index is 1.60. The third-order valence-corrected chi connectivity index (χ3v) is 3.40. The Bertz CT molecular complexity index is 603. The molecule has 118 valence electrons. The van der Waals surface area contributed by atoms with Crippen LogP contribution < -0.4 is 5.32 Å². The molecule has 6 heteroatoms. The summed E-state index contributed by atoms with van der Waals surface area (Å²) in [6.45, 7) is 0.606. The van der Waals surface area contributed by atoms with Gasteiger partial charge >= 0.3 is 5.97 Å². The molecule has 1 amide bonds. The second-order valence-electron chi connectivity index (χ2n) is 5.25. The van der Waals surface area contributed by atoms with Gasteiger partial charge in [-0.1, -0.05) is 12.1 Å². The van der Waals surface area contributed by atoms with Crippen molar-refractivity contribution in [3.05, 3.63) is 30.1 Å². The van der Waals surface area contributed by atoms with Crippen LogP contribution in [0.25, 0.3) is 11.0 Å². The van der Waals surface area contributed by atoms with Crippen molar-refractivity contribution in [3.8, 4) is 0 Å². The molecule has 22 heavy (non-hydrogen) atoms. The number of benzene rings is 1. The molecule has 1 aromatic carbocycles. The molecule has 0 aliphatic rings. The topological polar surface area (TPSA) is 95.1 Å². The third kappa shape index (κ3) is 5.20. The van der Waals surface area contributed by atoms with E-state index < -0.39 is 5.97 Å². The van der Waals surface area contributed by atoms with Gasteiger partial charge in [0.05, 0.1) is 11.0 Å². The SMILES string of the molecule is O=C(O)CCCCC(=O)NCCCc1nc2ccccc2[nH]1. The van der Waals surface area contributed by atoms with Gasteiger partial charge in [-0.15, -0.1) is 0 Å². The molecule has 6 nitrogen and oxygen atoms in total. The van der Waals surface area contributed by atoms with Gasteiger partial charge in [0.15, 0.2) is 0 Å². The van der Waals surface area contributed by atoms with Crippen molar-refractivity contribution in [2.24, 2.45) is 0 Å². The van der Waals surface area contributed by atoms with Gasteiger partial charge in [-0.05, 0) is 31.4 Å². The lowest BCUT2D eigenvalue weighted by Gasteiger charge is -2.04. The number of imidazole rings is 1. The molecule has 0 radical (unpaired) electrons. The highest BCUT2D eigenvalue weighted by atomic mass is 16.4. The number of carbonyl (C=O) groups is 2. The van der Waals surface area contributed by atoms with Crippen molar-refractivity contribution in [2.45, 2.75) is 38.5 Å². The number of aryl methyl sites for hydroxylation is 1. The van der Waals surface area contributed by atoms with Crippen LogP contribution in [0.4, 0.5) is 0 Å². The van der Waals surface area contributed by atoms with E-state index in [0.717, 1.165) is 29.7 Å². The molecular formula is C16H21N3O3. The number of para-hydroxylation sites is 2. The first-order valence-electron chi connectivity index (χ1n) is 7.57. The summed E-state index contributed by atoms with van der Waals surface area (Å²) in [5.41, 5.74) is 1.99. The van der Waals surface area contributed by atoms with Crippen LogP contribution in [-0.4, -0.2) is 33.5 Å². The van der Waals surface area contributed by atoms with Crippen LogP contribution in [0.2, 0.25) is 0 Å². The van der Waals surface area contributed by atoms with E-state index in [0.29, 0.717) is 25.8 Å². The predicted octanol–water partition coefficient (Wildman–Crippen LogP) is 2.26. The van der Waals surface area contributed by atoms with Crippen LogP contribution in [0.15, 0.2) is 24.3 Å². The van der Waals surface area contributed by atoms with Gasteiger partial charge in [0.25, 0.3) is 0 Å². The largest absolute Gasteiger partial charge is 0.481 e. The predicted molar refractivity (Wildman–Crippen MR) is 83.5 cm³/mol. The Morgan fingerprint density at radius 2 is 1.91 bits per heavy atom. The number of hydrogen-bond donors (Lipinski definition) is 3. The first-order valence-corrected chi connectivity index (χ1v) is 7.57. The molecule has 0 atom stereocenters. The number of aromatic amines is 1. The van der Waals surface area contributed by atoms with E-state index in [9.17, 15) is 9.59 Å². The van der Waals surface area contributed by atoms with Gasteiger partial charge in [-0.25, -0.2) is 4.98 Å². The van der Waals surface area contributed by atoms with E-state index in [2.05, 4.69) is 15.3 Å². The van der Waals surface area contributed by atoms with Crippen molar-refractivity contribution in [2.75, 3.05) is 6.54 Å². The Kier molecular flexibility index (Phi) is 5.94. The highest BCUT2D eigenvalue weighted by Crippen LogP contribution is 2.11. The molecule has 1 aromatic heterocycles. The van der Waals surface area contributed by atoms with Gasteiger partial charge in [0.2, 0.25) is 5.91 Å². The van der Waals surface area contributed by atoms with Gasteiger partial charge in [-0.3, -0.25) is 9.59 Å². The lowest BCUT2D eigenvalue weighted by Crippen LogP contribution is -2.24. The number of fused-ring (bicyclic) bond motifs is 1. The number of hydrogen-bond acceptors (Lipinski definition) is 3. The van der Waals surface area contributed by atoms with Crippen LogP contribution in [0, 0.1) is 0 Å². The van der Waals surface area contributed by atoms with Crippen molar-refractivity contribution in [3.63, 3.8) is 0 Å². The zero-order valence-corrected chi connectivity index (χ0v) is 12.5. The molecule has 2 aromatic rings. The van der Waals surface area contributed by atoms with E-state index in [4.69, 9.17) is 5.11 Å². The maximum Gasteiger partial charge on any atom is 0.303 e. The molecule has 0 aliphatic heterocycles. The minimum absolute atomic E-state index is 0.0185. The van der Waals surface area contributed by atoms with Crippen molar-refractivity contribution in [1.29, 1.82) is 0 Å². The van der Waals surface area contributed by atoms with Crippen molar-refractivity contribution >= 4 is 22.9 Å². The third-order valence-electron chi connectivity index (χ3n) is 3.40. The number of carbonyl (C=O) groups excluding carboxylic acids is 1. The maximum absolute atomic E-state index is 11.6. The average Bonchev–Trinajstić information content (AvgIpc) is 2.90. The summed E-state index contributed by atoms with van der Waals surface area (Å²) in [5.74, 6) is 0.0955. The highest BCUT2D eigenvalue weighted by Gasteiger charge is 2.04. The highest BCUT2D eigenvalue weighted by molar-refractivity contribution is 5.76. The summed E-state index contributed by atoms with van der Waals surface area (Å²) in [6, 6.07) is 7.88. The Labute approximate surface area is 128 Å². The summed E-state index contributed by atoms with van der Waals surface area (Å²) in [6.07, 6.45) is 3.27. The second kappa shape index (κ2) is 8.17. The van der Waals surface area contributed by atoms with Crippen molar-refractivity contribution < 1.29 is 14.7 Å². The normalized spacial score (nSPS) is 10.7. The number of aliphatic carboxylic acids is 1. The number of aromatic nitrogens is 2. The molecule has 0 saturated heterocycles. The van der Waals surface area contributed by atoms with Crippen LogP contribution in [0.1, 0.15) is 37.9 Å². The average molecular weight is 303 g/mol. The molecule has 0 fully saturated rings. The Morgan fingerprint density at radius 3 is 2.68 bits per heavy atom. The molecule has 1 heterocycles. The standard InChI is InChI=1S/C16H21N3O3/c20-15(9-3-4-10-16(21)22)17-11-5-8-14-18-12-6-1-2-7-13(12)19-14/h1-2,6-7H,3-5,8-11H2,(H,17,20)(H,18,19)(H,21,22). The quantitative estimate of drug-likeness (QED) is 0.619. The molecule has 0 bridgehead atoms. The fraction of sp³-hybridized carbons (Fsp3) is 0.438. The zero-order chi connectivity index (χ0) is 15.8. The van der Waals surface area contributed by atoms with Gasteiger partial charge in [0, 0.05) is 25.8 Å². The molecule has 0 saturated carbocycles. The number of carboxylic acids is 1. The van der Waals surface area contributed by atoms with E-state index in [1.807, 2.05) is 24.3 Å². The van der Waals surface area contributed by atoms with Gasteiger partial charge in [0.1, 0.15) is 5.82 Å². The molecule has 0 aliphatic carbocycles. The number of carboxylic acid groups (broad SMARTS) is 1. The lowest BCUT2D eigenvalue weighted by atomic mass is 10.2. The molecular weight excluding hydrogens is 282 g/mol. The summed E-state index contributed by atoms with van der Waals surface area (Å²) >= 11 is 0. The van der Waals surface area contributed by atoms with Crippen LogP contribution >= 0.6 is 0 Å². The number of amides is 1. The lowest BCUT2D eigenvalue weighted by molar-refractivity contribution is -0.137. The van der Waals surface area contributed by atoms with E-state index in [1.54, 1.807) is 0 Å². The fourth-order valence-corrected chi connectivity index (χ4v) is 2.26. The number of nitrogens with zero attached hydrogens (tertiary/aromatic N) is 1. The number of unbranched alkanes of at least 4 members (excludes halogenated alkanes) is 1. The van der Waals surface area contributed by atoms with E-state index in [-0.39, 0.29) is 12.3 Å². The molecule has 2 rings (SSSR count). The summed E-state index contributed by atoms with van der Waals surface area (Å²) in [5, 5.41) is 11.4.